The maximum Gasteiger partial charge on any atom is 0.176 e. The Labute approximate surface area is 118 Å². The monoisotopic (exact) mass is 298 g/mol. The molecule has 2 aromatic carbocycles. The zero-order chi connectivity index (χ0) is 13.8. The summed E-state index contributed by atoms with van der Waals surface area (Å²) in [6.07, 6.45) is 0. The SMILES string of the molecule is O=C(CSc1cccc(F)c1)c1ccc(Cl)cc1F. The Bertz CT molecular complexity index is 616. The highest BCUT2D eigenvalue weighted by atomic mass is 35.5. The van der Waals surface area contributed by atoms with Gasteiger partial charge < -0.3 is 0 Å². The van der Waals surface area contributed by atoms with Gasteiger partial charge in [-0.2, -0.15) is 0 Å². The van der Waals surface area contributed by atoms with E-state index in [9.17, 15) is 13.6 Å². The Kier molecular flexibility index (Phi) is 4.56. The summed E-state index contributed by atoms with van der Waals surface area (Å²) in [6, 6.07) is 9.82. The van der Waals surface area contributed by atoms with Crippen LogP contribution in [0.25, 0.3) is 0 Å². The number of hydrogen-bond donors (Lipinski definition) is 0. The van der Waals surface area contributed by atoms with E-state index in [0.29, 0.717) is 4.90 Å². The number of carbonyl (C=O) groups excluding carboxylic acids is 1. The molecule has 0 fully saturated rings. The standard InChI is InChI=1S/C14H9ClF2OS/c15-9-4-5-12(13(17)6-9)14(18)8-19-11-3-1-2-10(16)7-11/h1-7H,8H2. The van der Waals surface area contributed by atoms with E-state index >= 15 is 0 Å². The van der Waals surface area contributed by atoms with Crippen molar-refractivity contribution < 1.29 is 13.6 Å². The molecule has 0 unspecified atom stereocenters. The summed E-state index contributed by atoms with van der Waals surface area (Å²) in [5.74, 6) is -1.32. The molecule has 19 heavy (non-hydrogen) atoms. The molecule has 0 aliphatic heterocycles. The van der Waals surface area contributed by atoms with Gasteiger partial charge in [-0.1, -0.05) is 17.7 Å². The van der Waals surface area contributed by atoms with Crippen LogP contribution < -0.4 is 0 Å². The molecule has 1 nitrogen and oxygen atoms in total. The summed E-state index contributed by atoms with van der Waals surface area (Å²) in [7, 11) is 0. The Morgan fingerprint density at radius 2 is 1.95 bits per heavy atom. The first-order chi connectivity index (χ1) is 9.06. The van der Waals surface area contributed by atoms with Gasteiger partial charge in [0, 0.05) is 9.92 Å². The molecule has 0 aliphatic rings. The van der Waals surface area contributed by atoms with Crippen molar-refractivity contribution in [2.75, 3.05) is 5.75 Å². The Hall–Kier alpha value is -1.39. The van der Waals surface area contributed by atoms with Gasteiger partial charge >= 0.3 is 0 Å². The third-order valence-corrected chi connectivity index (χ3v) is 3.63. The molecule has 0 saturated heterocycles. The van der Waals surface area contributed by atoms with Gasteiger partial charge in [-0.15, -0.1) is 11.8 Å². The van der Waals surface area contributed by atoms with Crippen LogP contribution in [0.5, 0.6) is 0 Å². The number of rotatable bonds is 4. The van der Waals surface area contributed by atoms with Crippen molar-refractivity contribution in [2.45, 2.75) is 4.90 Å². The zero-order valence-corrected chi connectivity index (χ0v) is 11.3. The molecule has 0 heterocycles. The Morgan fingerprint density at radius 1 is 1.16 bits per heavy atom. The molecule has 0 N–H and O–H groups in total. The molecule has 0 aliphatic carbocycles. The topological polar surface area (TPSA) is 17.1 Å². The normalized spacial score (nSPS) is 10.5. The summed E-state index contributed by atoms with van der Waals surface area (Å²) in [4.78, 5) is 12.5. The van der Waals surface area contributed by atoms with E-state index in [2.05, 4.69) is 0 Å². The van der Waals surface area contributed by atoms with Crippen LogP contribution in [-0.4, -0.2) is 11.5 Å². The van der Waals surface area contributed by atoms with Crippen LogP contribution >= 0.6 is 23.4 Å². The maximum absolute atomic E-state index is 13.5. The lowest BCUT2D eigenvalue weighted by molar-refractivity contribution is 0.101. The van der Waals surface area contributed by atoms with Crippen molar-refractivity contribution >= 4 is 29.1 Å². The molecule has 0 spiro atoms. The molecule has 0 saturated carbocycles. The number of carbonyl (C=O) groups is 1. The molecule has 0 radical (unpaired) electrons. The van der Waals surface area contributed by atoms with Gasteiger partial charge in [0.1, 0.15) is 11.6 Å². The summed E-state index contributed by atoms with van der Waals surface area (Å²) in [5.41, 5.74) is -0.00620. The minimum atomic E-state index is -0.641. The van der Waals surface area contributed by atoms with E-state index in [4.69, 9.17) is 11.6 Å². The quantitative estimate of drug-likeness (QED) is 0.606. The van der Waals surface area contributed by atoms with E-state index in [1.807, 2.05) is 0 Å². The average molecular weight is 299 g/mol. The molecule has 0 aromatic heterocycles. The molecule has 5 heteroatoms. The number of Topliss-reactive ketones (excluding diaryl/α,β-unsaturated/α-hetero) is 1. The second-order valence-electron chi connectivity index (χ2n) is 3.79. The summed E-state index contributed by atoms with van der Waals surface area (Å²) >= 11 is 6.78. The number of thioether (sulfide) groups is 1. The van der Waals surface area contributed by atoms with Gasteiger partial charge in [-0.3, -0.25) is 4.79 Å². The third-order valence-electron chi connectivity index (χ3n) is 2.40. The number of benzene rings is 2. The van der Waals surface area contributed by atoms with Gasteiger partial charge in [0.2, 0.25) is 0 Å². The first kappa shape index (κ1) is 14.0. The number of halogens is 3. The second-order valence-corrected chi connectivity index (χ2v) is 5.28. The number of ketones is 1. The smallest absolute Gasteiger partial charge is 0.176 e. The summed E-state index contributed by atoms with van der Waals surface area (Å²) < 4.78 is 26.5. The van der Waals surface area contributed by atoms with Crippen LogP contribution in [0, 0.1) is 11.6 Å². The van der Waals surface area contributed by atoms with E-state index in [0.717, 1.165) is 17.8 Å². The van der Waals surface area contributed by atoms with Gasteiger partial charge in [0.25, 0.3) is 0 Å². The minimum Gasteiger partial charge on any atom is -0.293 e. The summed E-state index contributed by atoms with van der Waals surface area (Å²) in [5, 5.41) is 0.242. The molecule has 2 rings (SSSR count). The first-order valence-corrected chi connectivity index (χ1v) is 6.79. The fourth-order valence-electron chi connectivity index (χ4n) is 1.50. The van der Waals surface area contributed by atoms with Crippen LogP contribution in [-0.2, 0) is 0 Å². The molecular formula is C14H9ClF2OS. The fourth-order valence-corrected chi connectivity index (χ4v) is 2.48. The lowest BCUT2D eigenvalue weighted by Crippen LogP contribution is -2.05. The average Bonchev–Trinajstić information content (AvgIpc) is 2.36. The van der Waals surface area contributed by atoms with Crippen molar-refractivity contribution in [3.63, 3.8) is 0 Å². The molecule has 0 amide bonds. The predicted octanol–water partition coefficient (Wildman–Crippen LogP) is 4.59. The largest absolute Gasteiger partial charge is 0.293 e. The van der Waals surface area contributed by atoms with Crippen molar-refractivity contribution in [2.24, 2.45) is 0 Å². The van der Waals surface area contributed by atoms with Gasteiger partial charge in [-0.05, 0) is 36.4 Å². The van der Waals surface area contributed by atoms with Gasteiger partial charge in [0.15, 0.2) is 5.78 Å². The third kappa shape index (κ3) is 3.78. The van der Waals surface area contributed by atoms with E-state index < -0.39 is 5.82 Å². The minimum absolute atomic E-state index is 0.00620. The van der Waals surface area contributed by atoms with Crippen molar-refractivity contribution in [3.05, 3.63) is 64.7 Å². The Morgan fingerprint density at radius 3 is 2.63 bits per heavy atom. The van der Waals surface area contributed by atoms with E-state index in [-0.39, 0.29) is 27.9 Å². The lowest BCUT2D eigenvalue weighted by atomic mass is 10.1. The highest BCUT2D eigenvalue weighted by Gasteiger charge is 2.12. The lowest BCUT2D eigenvalue weighted by Gasteiger charge is -2.03. The van der Waals surface area contributed by atoms with Crippen LogP contribution in [0.4, 0.5) is 8.78 Å². The second kappa shape index (κ2) is 6.17. The van der Waals surface area contributed by atoms with Crippen LogP contribution in [0.3, 0.4) is 0 Å². The molecule has 98 valence electrons. The molecule has 2 aromatic rings. The molecule has 0 bridgehead atoms. The van der Waals surface area contributed by atoms with Gasteiger partial charge in [0.05, 0.1) is 11.3 Å². The summed E-state index contributed by atoms with van der Waals surface area (Å²) in [6.45, 7) is 0. The zero-order valence-electron chi connectivity index (χ0n) is 9.70. The Balaban J connectivity index is 2.05. The predicted molar refractivity (Wildman–Crippen MR) is 72.9 cm³/mol. The molecule has 0 atom stereocenters. The highest BCUT2D eigenvalue weighted by molar-refractivity contribution is 8.00. The van der Waals surface area contributed by atoms with Crippen LogP contribution in [0.1, 0.15) is 10.4 Å². The van der Waals surface area contributed by atoms with Crippen molar-refractivity contribution in [1.82, 2.24) is 0 Å². The van der Waals surface area contributed by atoms with Crippen LogP contribution in [0.15, 0.2) is 47.4 Å². The first-order valence-electron chi connectivity index (χ1n) is 5.43. The van der Waals surface area contributed by atoms with Crippen LogP contribution in [0.2, 0.25) is 5.02 Å². The molecular weight excluding hydrogens is 290 g/mol. The van der Waals surface area contributed by atoms with Crippen molar-refractivity contribution in [1.29, 1.82) is 0 Å². The van der Waals surface area contributed by atoms with E-state index in [1.165, 1.54) is 24.3 Å². The van der Waals surface area contributed by atoms with Crippen molar-refractivity contribution in [3.8, 4) is 0 Å². The van der Waals surface area contributed by atoms with E-state index in [1.54, 1.807) is 12.1 Å². The highest BCUT2D eigenvalue weighted by Crippen LogP contribution is 2.21. The van der Waals surface area contributed by atoms with Gasteiger partial charge in [-0.25, -0.2) is 8.78 Å². The number of hydrogen-bond acceptors (Lipinski definition) is 2. The maximum atomic E-state index is 13.5. The fraction of sp³-hybridized carbons (Fsp3) is 0.0714.